The van der Waals surface area contributed by atoms with E-state index in [2.05, 4.69) is 6.92 Å². The van der Waals surface area contributed by atoms with Crippen LogP contribution in [0.4, 0.5) is 5.69 Å². The van der Waals surface area contributed by atoms with E-state index in [4.69, 9.17) is 5.73 Å². The normalized spacial score (nSPS) is 23.6. The molecule has 1 fully saturated rings. The molecule has 0 saturated heterocycles. The first-order valence-corrected chi connectivity index (χ1v) is 7.78. The fourth-order valence-corrected chi connectivity index (χ4v) is 3.08. The van der Waals surface area contributed by atoms with E-state index >= 15 is 0 Å². The minimum Gasteiger partial charge on any atom is -0.399 e. The highest BCUT2D eigenvalue weighted by molar-refractivity contribution is 5.77. The number of hydrogen-bond donors (Lipinski definition) is 2. The molecule has 3 N–H and O–H groups in total. The van der Waals surface area contributed by atoms with Gasteiger partial charge in [0.2, 0.25) is 5.91 Å². The molecule has 1 aromatic rings. The van der Waals surface area contributed by atoms with Crippen molar-refractivity contribution in [2.75, 3.05) is 12.8 Å². The van der Waals surface area contributed by atoms with Gasteiger partial charge in [0.1, 0.15) is 0 Å². The summed E-state index contributed by atoms with van der Waals surface area (Å²) in [6.07, 6.45) is 3.94. The summed E-state index contributed by atoms with van der Waals surface area (Å²) in [5, 5.41) is 10.1. The van der Waals surface area contributed by atoms with Gasteiger partial charge >= 0.3 is 0 Å². The molecule has 1 aliphatic rings. The number of nitrogens with zero attached hydrogens (tertiary/aromatic N) is 1. The molecule has 0 aromatic heterocycles. The Morgan fingerprint density at radius 3 is 2.57 bits per heavy atom. The van der Waals surface area contributed by atoms with Crippen LogP contribution in [0.15, 0.2) is 24.3 Å². The predicted molar refractivity (Wildman–Crippen MR) is 84.9 cm³/mol. The van der Waals surface area contributed by atoms with Crippen molar-refractivity contribution in [2.45, 2.75) is 57.1 Å². The molecule has 3 atom stereocenters. The maximum absolute atomic E-state index is 12.4. The van der Waals surface area contributed by atoms with Crippen molar-refractivity contribution in [3.63, 3.8) is 0 Å². The monoisotopic (exact) mass is 290 g/mol. The molecule has 4 nitrogen and oxygen atoms in total. The zero-order chi connectivity index (χ0) is 15.4. The molecule has 0 aliphatic heterocycles. The lowest BCUT2D eigenvalue weighted by Gasteiger charge is -2.35. The third-order valence-electron chi connectivity index (χ3n) is 4.57. The van der Waals surface area contributed by atoms with Crippen LogP contribution in [0, 0.1) is 0 Å². The summed E-state index contributed by atoms with van der Waals surface area (Å²) in [7, 11) is 1.82. The third kappa shape index (κ3) is 3.97. The van der Waals surface area contributed by atoms with Crippen LogP contribution in [0.3, 0.4) is 0 Å². The summed E-state index contributed by atoms with van der Waals surface area (Å²) in [6, 6.07) is 7.66. The number of likely N-dealkylation sites (N-methyl/N-ethyl adjacent to an activating group) is 1. The fraction of sp³-hybridized carbons (Fsp3) is 0.588. The van der Waals surface area contributed by atoms with Gasteiger partial charge in [0, 0.05) is 19.2 Å². The molecule has 0 radical (unpaired) electrons. The number of nitrogen functional groups attached to an aromatic ring is 1. The van der Waals surface area contributed by atoms with E-state index in [-0.39, 0.29) is 24.0 Å². The number of aliphatic hydroxyl groups excluding tert-OH is 1. The van der Waals surface area contributed by atoms with Gasteiger partial charge in [0.15, 0.2) is 0 Å². The Kier molecular flexibility index (Phi) is 5.23. The molecule has 3 unspecified atom stereocenters. The van der Waals surface area contributed by atoms with Crippen LogP contribution in [-0.4, -0.2) is 35.1 Å². The summed E-state index contributed by atoms with van der Waals surface area (Å²) in [5.41, 5.74) is 7.54. The Morgan fingerprint density at radius 1 is 1.33 bits per heavy atom. The fourth-order valence-electron chi connectivity index (χ4n) is 3.08. The van der Waals surface area contributed by atoms with E-state index in [1.165, 1.54) is 0 Å². The first-order valence-electron chi connectivity index (χ1n) is 7.78. The second-order valence-corrected chi connectivity index (χ2v) is 6.20. The smallest absolute Gasteiger partial charge is 0.223 e. The van der Waals surface area contributed by atoms with Gasteiger partial charge in [0.25, 0.3) is 0 Å². The molecule has 116 valence electrons. The van der Waals surface area contributed by atoms with Gasteiger partial charge in [-0.3, -0.25) is 4.79 Å². The van der Waals surface area contributed by atoms with Gasteiger partial charge in [-0.1, -0.05) is 31.9 Å². The SMILES string of the molecule is CC(CC(=O)N(C)C1CCCCC1O)c1ccc(N)cc1. The number of benzene rings is 1. The summed E-state index contributed by atoms with van der Waals surface area (Å²) in [4.78, 5) is 14.2. The summed E-state index contributed by atoms with van der Waals surface area (Å²) in [6.45, 7) is 2.05. The van der Waals surface area contributed by atoms with Gasteiger partial charge < -0.3 is 15.7 Å². The number of carbonyl (C=O) groups excluding carboxylic acids is 1. The van der Waals surface area contributed by atoms with Crippen LogP contribution in [0.1, 0.15) is 50.5 Å². The van der Waals surface area contributed by atoms with Crippen LogP contribution in [0.25, 0.3) is 0 Å². The maximum atomic E-state index is 12.4. The van der Waals surface area contributed by atoms with Crippen molar-refractivity contribution in [3.05, 3.63) is 29.8 Å². The van der Waals surface area contributed by atoms with Crippen molar-refractivity contribution < 1.29 is 9.90 Å². The molecular weight excluding hydrogens is 264 g/mol. The molecule has 1 amide bonds. The van der Waals surface area contributed by atoms with E-state index in [1.54, 1.807) is 4.90 Å². The number of rotatable bonds is 4. The van der Waals surface area contributed by atoms with Crippen LogP contribution in [0.2, 0.25) is 0 Å². The van der Waals surface area contributed by atoms with Crippen molar-refractivity contribution in [1.82, 2.24) is 4.90 Å². The highest BCUT2D eigenvalue weighted by Crippen LogP contribution is 2.25. The van der Waals surface area contributed by atoms with Crippen molar-refractivity contribution >= 4 is 11.6 Å². The van der Waals surface area contributed by atoms with E-state index in [9.17, 15) is 9.90 Å². The van der Waals surface area contributed by atoms with Crippen LogP contribution in [0.5, 0.6) is 0 Å². The molecule has 0 bridgehead atoms. The van der Waals surface area contributed by atoms with E-state index in [0.717, 1.165) is 36.9 Å². The Labute approximate surface area is 126 Å². The molecule has 1 saturated carbocycles. The van der Waals surface area contributed by atoms with Crippen LogP contribution >= 0.6 is 0 Å². The zero-order valence-corrected chi connectivity index (χ0v) is 13.0. The first kappa shape index (κ1) is 15.8. The summed E-state index contributed by atoms with van der Waals surface area (Å²) in [5.74, 6) is 0.256. The summed E-state index contributed by atoms with van der Waals surface area (Å²) >= 11 is 0. The number of nitrogens with two attached hydrogens (primary N) is 1. The number of anilines is 1. The number of carbonyl (C=O) groups is 1. The quantitative estimate of drug-likeness (QED) is 0.837. The second kappa shape index (κ2) is 6.94. The Hall–Kier alpha value is -1.55. The van der Waals surface area contributed by atoms with Crippen LogP contribution < -0.4 is 5.73 Å². The Bertz CT molecular complexity index is 472. The summed E-state index contributed by atoms with van der Waals surface area (Å²) < 4.78 is 0. The van der Waals surface area contributed by atoms with Gasteiger partial charge in [-0.25, -0.2) is 0 Å². The molecule has 21 heavy (non-hydrogen) atoms. The average molecular weight is 290 g/mol. The van der Waals surface area contributed by atoms with Gasteiger partial charge in [-0.2, -0.15) is 0 Å². The second-order valence-electron chi connectivity index (χ2n) is 6.20. The lowest BCUT2D eigenvalue weighted by molar-refractivity contribution is -0.135. The third-order valence-corrected chi connectivity index (χ3v) is 4.57. The minimum absolute atomic E-state index is 0.0233. The average Bonchev–Trinajstić information content (AvgIpc) is 2.47. The first-order chi connectivity index (χ1) is 9.99. The van der Waals surface area contributed by atoms with E-state index in [1.807, 2.05) is 31.3 Å². The van der Waals surface area contributed by atoms with E-state index < -0.39 is 0 Å². The molecular formula is C17H26N2O2. The number of amides is 1. The zero-order valence-electron chi connectivity index (χ0n) is 13.0. The van der Waals surface area contributed by atoms with E-state index in [0.29, 0.717) is 6.42 Å². The number of hydrogen-bond acceptors (Lipinski definition) is 3. The van der Waals surface area contributed by atoms with Crippen molar-refractivity contribution in [2.24, 2.45) is 0 Å². The highest BCUT2D eigenvalue weighted by atomic mass is 16.3. The van der Waals surface area contributed by atoms with Crippen molar-refractivity contribution in [1.29, 1.82) is 0 Å². The molecule has 2 rings (SSSR count). The lowest BCUT2D eigenvalue weighted by atomic mass is 9.90. The minimum atomic E-state index is -0.375. The molecule has 1 aliphatic carbocycles. The maximum Gasteiger partial charge on any atom is 0.223 e. The largest absolute Gasteiger partial charge is 0.399 e. The highest BCUT2D eigenvalue weighted by Gasteiger charge is 2.29. The standard InChI is InChI=1S/C17H26N2O2/c1-12(13-7-9-14(18)10-8-13)11-17(21)19(2)15-5-3-4-6-16(15)20/h7-10,12,15-16,20H,3-6,11,18H2,1-2H3. The Morgan fingerprint density at radius 2 is 1.95 bits per heavy atom. The van der Waals surface area contributed by atoms with Gasteiger partial charge in [-0.05, 0) is 36.5 Å². The molecule has 1 aromatic carbocycles. The molecule has 4 heteroatoms. The number of aliphatic hydroxyl groups is 1. The molecule has 0 spiro atoms. The van der Waals surface area contributed by atoms with Gasteiger partial charge in [0.05, 0.1) is 12.1 Å². The topological polar surface area (TPSA) is 66.6 Å². The van der Waals surface area contributed by atoms with Gasteiger partial charge in [-0.15, -0.1) is 0 Å². The molecule has 0 heterocycles. The van der Waals surface area contributed by atoms with Crippen molar-refractivity contribution in [3.8, 4) is 0 Å². The van der Waals surface area contributed by atoms with Crippen LogP contribution in [-0.2, 0) is 4.79 Å². The lowest BCUT2D eigenvalue weighted by Crippen LogP contribution is -2.46. The predicted octanol–water partition coefficient (Wildman–Crippen LogP) is 2.52. The Balaban J connectivity index is 1.95.